The summed E-state index contributed by atoms with van der Waals surface area (Å²) in [5.41, 5.74) is 1.99. The highest BCUT2D eigenvalue weighted by molar-refractivity contribution is 5.41. The summed E-state index contributed by atoms with van der Waals surface area (Å²) in [6.45, 7) is 1.97. The van der Waals surface area contributed by atoms with Gasteiger partial charge in [-0.05, 0) is 43.6 Å². The van der Waals surface area contributed by atoms with Crippen molar-refractivity contribution in [3.63, 3.8) is 0 Å². The zero-order chi connectivity index (χ0) is 14.1. The normalized spacial score (nSPS) is 17.9. The number of rotatable bonds is 2. The summed E-state index contributed by atoms with van der Waals surface area (Å²) in [6.07, 6.45) is 3.81. The number of nitrogens with one attached hydrogen (secondary N) is 1. The largest absolute Gasteiger partial charge is 0.317 e. The molecule has 0 bridgehead atoms. The van der Waals surface area contributed by atoms with Crippen LogP contribution in [0.15, 0.2) is 48.7 Å². The van der Waals surface area contributed by atoms with Crippen molar-refractivity contribution in [2.24, 2.45) is 0 Å². The highest BCUT2D eigenvalue weighted by Crippen LogP contribution is 2.38. The van der Waals surface area contributed by atoms with Gasteiger partial charge in [-0.15, -0.1) is 10.2 Å². The van der Waals surface area contributed by atoms with Crippen LogP contribution >= 0.6 is 0 Å². The van der Waals surface area contributed by atoms with E-state index in [1.165, 1.54) is 5.56 Å². The molecule has 3 heterocycles. The topological polar surface area (TPSA) is 55.1 Å². The number of piperidine rings is 1. The molecule has 1 fully saturated rings. The summed E-state index contributed by atoms with van der Waals surface area (Å²) >= 11 is 0. The van der Waals surface area contributed by atoms with Crippen molar-refractivity contribution in [2.75, 3.05) is 13.1 Å². The Balaban J connectivity index is 1.94. The standard InChI is InChI=1S/C16H17N5/c1-2-5-13(6-3-1)16(8-11-17-12-9-16)15-20-19-14-7-4-10-18-21(14)15/h1-7,10,17H,8-9,11-12H2. The van der Waals surface area contributed by atoms with Crippen LogP contribution in [0.2, 0.25) is 0 Å². The Morgan fingerprint density at radius 2 is 1.76 bits per heavy atom. The maximum absolute atomic E-state index is 4.49. The predicted octanol–water partition coefficient (Wildman–Crippen LogP) is 1.79. The molecular formula is C16H17N5. The molecule has 1 aliphatic heterocycles. The van der Waals surface area contributed by atoms with Gasteiger partial charge in [-0.3, -0.25) is 0 Å². The minimum atomic E-state index is -0.111. The quantitative estimate of drug-likeness (QED) is 0.777. The van der Waals surface area contributed by atoms with E-state index in [2.05, 4.69) is 50.9 Å². The molecule has 5 nitrogen and oxygen atoms in total. The van der Waals surface area contributed by atoms with Gasteiger partial charge in [0.1, 0.15) is 0 Å². The van der Waals surface area contributed by atoms with Crippen molar-refractivity contribution in [1.82, 2.24) is 25.1 Å². The molecule has 3 aromatic rings. The third-order valence-electron chi connectivity index (χ3n) is 4.39. The molecule has 1 N–H and O–H groups in total. The SMILES string of the molecule is c1ccc(C2(c3nnc4cccnn34)CCNCC2)cc1. The van der Waals surface area contributed by atoms with Gasteiger partial charge in [-0.2, -0.15) is 9.61 Å². The van der Waals surface area contributed by atoms with Gasteiger partial charge < -0.3 is 5.32 Å². The summed E-state index contributed by atoms with van der Waals surface area (Å²) in [7, 11) is 0. The number of hydrogen-bond donors (Lipinski definition) is 1. The Morgan fingerprint density at radius 1 is 0.952 bits per heavy atom. The Morgan fingerprint density at radius 3 is 2.57 bits per heavy atom. The van der Waals surface area contributed by atoms with Crippen LogP contribution in [-0.4, -0.2) is 32.9 Å². The van der Waals surface area contributed by atoms with Crippen LogP contribution in [0.3, 0.4) is 0 Å². The number of hydrogen-bond acceptors (Lipinski definition) is 4. The van der Waals surface area contributed by atoms with E-state index in [4.69, 9.17) is 0 Å². The van der Waals surface area contributed by atoms with E-state index in [0.29, 0.717) is 0 Å². The molecule has 0 atom stereocenters. The van der Waals surface area contributed by atoms with E-state index < -0.39 is 0 Å². The molecule has 21 heavy (non-hydrogen) atoms. The Labute approximate surface area is 123 Å². The van der Waals surface area contributed by atoms with Gasteiger partial charge in [0.05, 0.1) is 5.41 Å². The van der Waals surface area contributed by atoms with Crippen LogP contribution in [0.1, 0.15) is 24.2 Å². The van der Waals surface area contributed by atoms with E-state index in [-0.39, 0.29) is 5.41 Å². The lowest BCUT2D eigenvalue weighted by atomic mass is 9.72. The molecule has 5 heteroatoms. The third-order valence-corrected chi connectivity index (χ3v) is 4.39. The van der Waals surface area contributed by atoms with Crippen molar-refractivity contribution in [2.45, 2.75) is 18.3 Å². The second-order valence-electron chi connectivity index (χ2n) is 5.52. The first-order valence-corrected chi connectivity index (χ1v) is 7.33. The van der Waals surface area contributed by atoms with Crippen molar-refractivity contribution in [3.8, 4) is 0 Å². The summed E-state index contributed by atoms with van der Waals surface area (Å²) in [6, 6.07) is 14.5. The molecule has 0 saturated carbocycles. The van der Waals surface area contributed by atoms with Gasteiger partial charge in [-0.1, -0.05) is 30.3 Å². The van der Waals surface area contributed by atoms with Gasteiger partial charge in [0.25, 0.3) is 0 Å². The fraction of sp³-hybridized carbons (Fsp3) is 0.312. The molecule has 106 valence electrons. The van der Waals surface area contributed by atoms with Crippen LogP contribution < -0.4 is 5.32 Å². The number of benzene rings is 1. The maximum atomic E-state index is 4.49. The predicted molar refractivity (Wildman–Crippen MR) is 80.1 cm³/mol. The summed E-state index contributed by atoms with van der Waals surface area (Å²) in [4.78, 5) is 0. The fourth-order valence-electron chi connectivity index (χ4n) is 3.29. The summed E-state index contributed by atoms with van der Waals surface area (Å²) < 4.78 is 1.89. The van der Waals surface area contributed by atoms with E-state index in [9.17, 15) is 0 Å². The minimum absolute atomic E-state index is 0.111. The molecule has 0 unspecified atom stereocenters. The van der Waals surface area contributed by atoms with E-state index in [0.717, 1.165) is 37.4 Å². The lowest BCUT2D eigenvalue weighted by molar-refractivity contribution is 0.340. The van der Waals surface area contributed by atoms with Crippen molar-refractivity contribution in [1.29, 1.82) is 0 Å². The lowest BCUT2D eigenvalue weighted by Crippen LogP contribution is -2.42. The number of nitrogens with zero attached hydrogens (tertiary/aromatic N) is 4. The Bertz CT molecular complexity index is 743. The molecule has 1 aliphatic rings. The Kier molecular flexibility index (Phi) is 2.93. The van der Waals surface area contributed by atoms with Crippen molar-refractivity contribution in [3.05, 3.63) is 60.0 Å². The molecule has 2 aromatic heterocycles. The first kappa shape index (κ1) is 12.5. The average Bonchev–Trinajstić information content (AvgIpc) is 3.01. The van der Waals surface area contributed by atoms with Crippen molar-refractivity contribution >= 4 is 5.65 Å². The molecule has 0 amide bonds. The van der Waals surface area contributed by atoms with Crippen molar-refractivity contribution < 1.29 is 0 Å². The average molecular weight is 279 g/mol. The van der Waals surface area contributed by atoms with Crippen LogP contribution in [0.25, 0.3) is 5.65 Å². The number of aromatic nitrogens is 4. The smallest absolute Gasteiger partial charge is 0.177 e. The second-order valence-corrected chi connectivity index (χ2v) is 5.52. The number of fused-ring (bicyclic) bond motifs is 1. The molecule has 1 saturated heterocycles. The van der Waals surface area contributed by atoms with E-state index in [1.807, 2.05) is 16.6 Å². The molecule has 0 radical (unpaired) electrons. The second kappa shape index (κ2) is 4.93. The van der Waals surface area contributed by atoms with Crippen LogP contribution in [0, 0.1) is 0 Å². The van der Waals surface area contributed by atoms with Gasteiger partial charge in [0.15, 0.2) is 11.5 Å². The molecule has 4 rings (SSSR count). The Hall–Kier alpha value is -2.27. The van der Waals surface area contributed by atoms with Gasteiger partial charge >= 0.3 is 0 Å². The van der Waals surface area contributed by atoms with E-state index >= 15 is 0 Å². The summed E-state index contributed by atoms with van der Waals surface area (Å²) in [5, 5.41) is 16.7. The lowest BCUT2D eigenvalue weighted by Gasteiger charge is -2.36. The van der Waals surface area contributed by atoms with Gasteiger partial charge in [-0.25, -0.2) is 0 Å². The maximum Gasteiger partial charge on any atom is 0.177 e. The summed E-state index contributed by atoms with van der Waals surface area (Å²) in [5.74, 6) is 0.950. The zero-order valence-corrected chi connectivity index (χ0v) is 11.7. The first-order valence-electron chi connectivity index (χ1n) is 7.33. The van der Waals surface area contributed by atoms with E-state index in [1.54, 1.807) is 6.20 Å². The third kappa shape index (κ3) is 1.93. The van der Waals surface area contributed by atoms with Crippen LogP contribution in [-0.2, 0) is 5.41 Å². The molecule has 1 aromatic carbocycles. The first-order chi connectivity index (χ1) is 10.4. The van der Waals surface area contributed by atoms with Gasteiger partial charge in [0, 0.05) is 6.20 Å². The molecule has 0 spiro atoms. The van der Waals surface area contributed by atoms with Crippen LogP contribution in [0.5, 0.6) is 0 Å². The molecular weight excluding hydrogens is 262 g/mol. The zero-order valence-electron chi connectivity index (χ0n) is 11.7. The van der Waals surface area contributed by atoms with Gasteiger partial charge in [0.2, 0.25) is 0 Å². The van der Waals surface area contributed by atoms with Crippen LogP contribution in [0.4, 0.5) is 0 Å². The minimum Gasteiger partial charge on any atom is -0.317 e. The highest BCUT2D eigenvalue weighted by Gasteiger charge is 2.40. The fourth-order valence-corrected chi connectivity index (χ4v) is 3.29. The molecule has 0 aliphatic carbocycles. The monoisotopic (exact) mass is 279 g/mol. The highest BCUT2D eigenvalue weighted by atomic mass is 15.4.